The van der Waals surface area contributed by atoms with Crippen molar-refractivity contribution in [1.82, 2.24) is 0 Å². The van der Waals surface area contributed by atoms with Crippen LogP contribution in [-0.4, -0.2) is 89.6 Å². The predicted molar refractivity (Wildman–Crippen MR) is 237 cm³/mol. The Balaban J connectivity index is 2.29. The summed E-state index contributed by atoms with van der Waals surface area (Å²) in [7, 11) is 0. The van der Waals surface area contributed by atoms with E-state index in [1.165, 1.54) is 32.1 Å². The van der Waals surface area contributed by atoms with Gasteiger partial charge in [-0.1, -0.05) is 150 Å². The van der Waals surface area contributed by atoms with Crippen molar-refractivity contribution in [2.45, 2.75) is 192 Å². The molecule has 1 heterocycles. The highest BCUT2D eigenvalue weighted by Crippen LogP contribution is 2.22. The van der Waals surface area contributed by atoms with Crippen molar-refractivity contribution in [1.29, 1.82) is 0 Å². The lowest BCUT2D eigenvalue weighted by atomic mass is 9.99. The minimum absolute atomic E-state index is 0.124. The summed E-state index contributed by atoms with van der Waals surface area (Å²) < 4.78 is 22.8. The number of rotatable bonds is 37. The molecule has 1 rings (SSSR count). The predicted octanol–water partition coefficient (Wildman–Crippen LogP) is 10.2. The molecule has 0 aromatic carbocycles. The van der Waals surface area contributed by atoms with Gasteiger partial charge in [-0.25, -0.2) is 0 Å². The molecule has 0 saturated carbocycles. The zero-order valence-electron chi connectivity index (χ0n) is 36.3. The van der Waals surface area contributed by atoms with E-state index in [0.717, 1.165) is 103 Å². The van der Waals surface area contributed by atoms with Crippen LogP contribution in [0.1, 0.15) is 155 Å². The first-order chi connectivity index (χ1) is 28.4. The van der Waals surface area contributed by atoms with E-state index < -0.39 is 43.4 Å². The summed E-state index contributed by atoms with van der Waals surface area (Å²) in [5, 5.41) is 40.1. The highest BCUT2D eigenvalue weighted by molar-refractivity contribution is 5.69. The van der Waals surface area contributed by atoms with Crippen LogP contribution in [-0.2, 0) is 23.7 Å². The highest BCUT2D eigenvalue weighted by Gasteiger charge is 2.44. The Kier molecular flexibility index (Phi) is 36.6. The van der Waals surface area contributed by atoms with Crippen LogP contribution in [0.5, 0.6) is 0 Å². The fourth-order valence-corrected chi connectivity index (χ4v) is 6.32. The minimum Gasteiger partial charge on any atom is -0.457 e. The number of aliphatic hydroxyl groups is 4. The molecule has 0 aromatic heterocycles. The van der Waals surface area contributed by atoms with Crippen LogP contribution >= 0.6 is 0 Å². The Morgan fingerprint density at radius 3 is 1.50 bits per heavy atom. The molecule has 6 unspecified atom stereocenters. The molecule has 9 nitrogen and oxygen atoms in total. The smallest absolute Gasteiger partial charge is 0.306 e. The van der Waals surface area contributed by atoms with E-state index in [9.17, 15) is 25.2 Å². The van der Waals surface area contributed by atoms with Gasteiger partial charge in [0.1, 0.15) is 30.5 Å². The number of allylic oxidation sites excluding steroid dienone is 14. The first-order valence-corrected chi connectivity index (χ1v) is 22.7. The second-order valence-corrected chi connectivity index (χ2v) is 15.1. The van der Waals surface area contributed by atoms with Crippen molar-refractivity contribution in [2.24, 2.45) is 0 Å². The molecule has 0 radical (unpaired) electrons. The maximum Gasteiger partial charge on any atom is 0.306 e. The third kappa shape index (κ3) is 30.4. The molecule has 6 atom stereocenters. The lowest BCUT2D eigenvalue weighted by Gasteiger charge is -2.39. The zero-order chi connectivity index (χ0) is 42.2. The summed E-state index contributed by atoms with van der Waals surface area (Å²) in [5.74, 6) is -0.337. The molecular formula is C49H82O9. The van der Waals surface area contributed by atoms with Gasteiger partial charge in [0.2, 0.25) is 0 Å². The lowest BCUT2D eigenvalue weighted by molar-refractivity contribution is -0.305. The van der Waals surface area contributed by atoms with Gasteiger partial charge in [-0.15, -0.1) is 0 Å². The summed E-state index contributed by atoms with van der Waals surface area (Å²) in [6, 6.07) is 0. The first-order valence-electron chi connectivity index (χ1n) is 22.7. The molecule has 1 aliphatic rings. The number of hydrogen-bond acceptors (Lipinski definition) is 9. The van der Waals surface area contributed by atoms with Crippen molar-refractivity contribution >= 4 is 5.97 Å². The third-order valence-electron chi connectivity index (χ3n) is 9.81. The van der Waals surface area contributed by atoms with Gasteiger partial charge in [-0.3, -0.25) is 4.79 Å². The van der Waals surface area contributed by atoms with Crippen LogP contribution < -0.4 is 0 Å². The quantitative estimate of drug-likeness (QED) is 0.0275. The topological polar surface area (TPSA) is 135 Å². The largest absolute Gasteiger partial charge is 0.457 e. The Morgan fingerprint density at radius 2 is 1.00 bits per heavy atom. The SMILES string of the molecule is CC/C=C\C/C=C\C/C=C\C/C=C\CCCCCCCCC(=O)OC(COCCCCCCCC/C=C\C/C=C\C/C=C\CC)COC1OC(CO)C(O)C(O)C1O. The van der Waals surface area contributed by atoms with Crippen LogP contribution in [0.4, 0.5) is 0 Å². The number of unbranched alkanes of at least 4 members (excludes halogenated alkanes) is 12. The molecule has 0 bridgehead atoms. The number of ether oxygens (including phenoxy) is 4. The number of aliphatic hydroxyl groups excluding tert-OH is 4. The molecule has 4 N–H and O–H groups in total. The number of esters is 1. The highest BCUT2D eigenvalue weighted by atomic mass is 16.7. The fourth-order valence-electron chi connectivity index (χ4n) is 6.32. The van der Waals surface area contributed by atoms with Crippen molar-refractivity contribution in [2.75, 3.05) is 26.4 Å². The molecule has 1 aliphatic heterocycles. The van der Waals surface area contributed by atoms with Crippen molar-refractivity contribution in [3.63, 3.8) is 0 Å². The average molecular weight is 815 g/mol. The number of hydrogen-bond donors (Lipinski definition) is 4. The van der Waals surface area contributed by atoms with Crippen LogP contribution in [0.2, 0.25) is 0 Å². The first kappa shape index (κ1) is 53.4. The molecule has 0 aliphatic carbocycles. The summed E-state index contributed by atoms with van der Waals surface area (Å²) in [6.07, 6.45) is 46.0. The maximum atomic E-state index is 12.8. The van der Waals surface area contributed by atoms with Gasteiger partial charge in [0.25, 0.3) is 0 Å². The van der Waals surface area contributed by atoms with Crippen molar-refractivity contribution in [3.05, 3.63) is 85.1 Å². The summed E-state index contributed by atoms with van der Waals surface area (Å²) >= 11 is 0. The number of carbonyl (C=O) groups excluding carboxylic acids is 1. The third-order valence-corrected chi connectivity index (χ3v) is 9.81. The summed E-state index contributed by atoms with van der Waals surface area (Å²) in [5.41, 5.74) is 0. The van der Waals surface area contributed by atoms with Gasteiger partial charge in [-0.05, 0) is 83.5 Å². The molecule has 0 amide bonds. The van der Waals surface area contributed by atoms with Gasteiger partial charge in [0.15, 0.2) is 6.29 Å². The molecule has 0 aromatic rings. The maximum absolute atomic E-state index is 12.8. The van der Waals surface area contributed by atoms with E-state index in [0.29, 0.717) is 13.0 Å². The Labute approximate surface area is 352 Å². The molecule has 58 heavy (non-hydrogen) atoms. The van der Waals surface area contributed by atoms with E-state index in [2.05, 4.69) is 98.9 Å². The van der Waals surface area contributed by atoms with E-state index in [-0.39, 0.29) is 19.2 Å². The molecule has 332 valence electrons. The van der Waals surface area contributed by atoms with E-state index in [1.54, 1.807) is 0 Å². The van der Waals surface area contributed by atoms with E-state index in [4.69, 9.17) is 18.9 Å². The van der Waals surface area contributed by atoms with Gasteiger partial charge < -0.3 is 39.4 Å². The van der Waals surface area contributed by atoms with Crippen molar-refractivity contribution < 1.29 is 44.2 Å². The van der Waals surface area contributed by atoms with Gasteiger partial charge in [-0.2, -0.15) is 0 Å². The molecule has 1 saturated heterocycles. The summed E-state index contributed by atoms with van der Waals surface area (Å²) in [6.45, 7) is 4.27. The van der Waals surface area contributed by atoms with Crippen LogP contribution in [0, 0.1) is 0 Å². The second-order valence-electron chi connectivity index (χ2n) is 15.1. The number of carbonyl (C=O) groups is 1. The molecule has 9 heteroatoms. The Hall–Kier alpha value is -2.63. The standard InChI is InChI=1S/C49H82O9/c1-3-5-7-9-11-13-15-17-19-21-22-23-24-26-28-30-32-34-36-38-45(51)57-43(42-56-49-48(54)47(53)46(52)44(40-50)58-49)41-55-39-37-35-33-31-29-27-25-20-18-16-14-12-10-8-6-4-2/h5-8,11-14,17-20,22-23,43-44,46-50,52-54H,3-4,9-10,15-16,21,24-42H2,1-2H3/b7-5-,8-6-,13-11-,14-12-,19-17-,20-18-,23-22-. The van der Waals surface area contributed by atoms with Crippen LogP contribution in [0.25, 0.3) is 0 Å². The lowest BCUT2D eigenvalue weighted by Crippen LogP contribution is -2.59. The van der Waals surface area contributed by atoms with Crippen molar-refractivity contribution in [3.8, 4) is 0 Å². The second kappa shape index (κ2) is 39.8. The monoisotopic (exact) mass is 815 g/mol. The minimum atomic E-state index is -1.55. The zero-order valence-corrected chi connectivity index (χ0v) is 36.3. The normalized spacial score (nSPS) is 21.1. The van der Waals surface area contributed by atoms with E-state index >= 15 is 0 Å². The summed E-state index contributed by atoms with van der Waals surface area (Å²) in [4.78, 5) is 12.8. The fraction of sp³-hybridized carbons (Fsp3) is 0.694. The van der Waals surface area contributed by atoms with Gasteiger partial charge in [0, 0.05) is 13.0 Å². The average Bonchev–Trinajstić information content (AvgIpc) is 3.22. The Bertz CT molecular complexity index is 1150. The van der Waals surface area contributed by atoms with Gasteiger partial charge in [0.05, 0.1) is 19.8 Å². The molecular weight excluding hydrogens is 733 g/mol. The molecule has 0 spiro atoms. The van der Waals surface area contributed by atoms with Gasteiger partial charge >= 0.3 is 5.97 Å². The molecule has 1 fully saturated rings. The Morgan fingerprint density at radius 1 is 0.552 bits per heavy atom. The van der Waals surface area contributed by atoms with E-state index in [1.807, 2.05) is 0 Å². The van der Waals surface area contributed by atoms with Crippen LogP contribution in [0.15, 0.2) is 85.1 Å². The van der Waals surface area contributed by atoms with Crippen LogP contribution in [0.3, 0.4) is 0 Å².